The highest BCUT2D eigenvalue weighted by Crippen LogP contribution is 2.49. The average molecular weight is 282 g/mol. The maximum atomic E-state index is 10.2. The van der Waals surface area contributed by atoms with Crippen molar-refractivity contribution in [3.63, 3.8) is 0 Å². The van der Waals surface area contributed by atoms with E-state index in [2.05, 4.69) is 55.5 Å². The second kappa shape index (κ2) is 3.89. The third-order valence-electron chi connectivity index (χ3n) is 4.83. The summed E-state index contributed by atoms with van der Waals surface area (Å²) >= 11 is 0. The van der Waals surface area contributed by atoms with E-state index in [0.29, 0.717) is 5.75 Å². The lowest BCUT2D eigenvalue weighted by molar-refractivity contribution is 0.481. The Hall–Kier alpha value is -2.80. The van der Waals surface area contributed by atoms with Gasteiger partial charge in [0, 0.05) is 5.39 Å². The zero-order chi connectivity index (χ0) is 14.8. The largest absolute Gasteiger partial charge is 0.507 e. The molecular weight excluding hydrogens is 268 g/mol. The highest BCUT2D eigenvalue weighted by Gasteiger charge is 2.22. The molecule has 22 heavy (non-hydrogen) atoms. The first-order chi connectivity index (χ1) is 10.7. The van der Waals surface area contributed by atoms with Gasteiger partial charge in [-0.3, -0.25) is 0 Å². The number of fused-ring (bicyclic) bond motifs is 4. The molecule has 4 aromatic carbocycles. The minimum absolute atomic E-state index is 0.347. The van der Waals surface area contributed by atoms with Crippen molar-refractivity contribution in [1.29, 1.82) is 0 Å². The molecule has 1 aliphatic rings. The van der Waals surface area contributed by atoms with Crippen LogP contribution in [0.4, 0.5) is 0 Å². The lowest BCUT2D eigenvalue weighted by Crippen LogP contribution is -1.80. The van der Waals surface area contributed by atoms with E-state index in [9.17, 15) is 5.11 Å². The fourth-order valence-corrected chi connectivity index (χ4v) is 3.76. The molecular formula is C21H14O. The molecule has 0 bridgehead atoms. The van der Waals surface area contributed by atoms with E-state index < -0.39 is 0 Å². The summed E-state index contributed by atoms with van der Waals surface area (Å²) in [5, 5.41) is 14.8. The number of phenolic OH excluding ortho intramolecular Hbond substituents is 1. The molecule has 5 rings (SSSR count). The standard InChI is InChI=1S/C21H14O/c1-12-8-9-16-19-11-17-13(4-2-7-20(17)22)10-18(19)15-6-3-5-14(12)21(15)16/h2-11,22H,1H3. The third kappa shape index (κ3) is 1.33. The van der Waals surface area contributed by atoms with Gasteiger partial charge < -0.3 is 5.11 Å². The molecule has 104 valence electrons. The number of hydrogen-bond acceptors (Lipinski definition) is 1. The normalized spacial score (nSPS) is 12.0. The molecule has 1 aliphatic carbocycles. The first-order valence-corrected chi connectivity index (χ1v) is 7.53. The topological polar surface area (TPSA) is 20.2 Å². The van der Waals surface area contributed by atoms with Gasteiger partial charge in [0.2, 0.25) is 0 Å². The molecule has 1 heteroatoms. The Morgan fingerprint density at radius 3 is 2.36 bits per heavy atom. The second-order valence-corrected chi connectivity index (χ2v) is 6.05. The Morgan fingerprint density at radius 2 is 1.45 bits per heavy atom. The van der Waals surface area contributed by atoms with Crippen molar-refractivity contribution in [2.24, 2.45) is 0 Å². The van der Waals surface area contributed by atoms with Crippen LogP contribution in [0.3, 0.4) is 0 Å². The molecule has 0 fully saturated rings. The molecule has 0 unspecified atom stereocenters. The fraction of sp³-hybridized carbons (Fsp3) is 0.0476. The monoisotopic (exact) mass is 282 g/mol. The van der Waals surface area contributed by atoms with Gasteiger partial charge >= 0.3 is 0 Å². The fourth-order valence-electron chi connectivity index (χ4n) is 3.76. The molecule has 0 aliphatic heterocycles. The number of rotatable bonds is 0. The minimum atomic E-state index is 0.347. The molecule has 0 aromatic heterocycles. The molecule has 0 atom stereocenters. The van der Waals surface area contributed by atoms with Crippen LogP contribution in [-0.2, 0) is 0 Å². The van der Waals surface area contributed by atoms with Crippen LogP contribution < -0.4 is 0 Å². The first kappa shape index (κ1) is 11.8. The van der Waals surface area contributed by atoms with Crippen LogP contribution in [-0.4, -0.2) is 5.11 Å². The maximum Gasteiger partial charge on any atom is 0.123 e. The molecule has 0 radical (unpaired) electrons. The van der Waals surface area contributed by atoms with Gasteiger partial charge in [0.05, 0.1) is 0 Å². The van der Waals surface area contributed by atoms with E-state index in [-0.39, 0.29) is 0 Å². The van der Waals surface area contributed by atoms with Crippen molar-refractivity contribution >= 4 is 21.5 Å². The summed E-state index contributed by atoms with van der Waals surface area (Å²) in [6.07, 6.45) is 0. The van der Waals surface area contributed by atoms with Crippen LogP contribution in [0.2, 0.25) is 0 Å². The van der Waals surface area contributed by atoms with Gasteiger partial charge in [0.15, 0.2) is 0 Å². The second-order valence-electron chi connectivity index (χ2n) is 6.05. The molecule has 0 amide bonds. The van der Waals surface area contributed by atoms with Crippen molar-refractivity contribution in [2.45, 2.75) is 6.92 Å². The van der Waals surface area contributed by atoms with Crippen molar-refractivity contribution in [3.8, 4) is 28.0 Å². The van der Waals surface area contributed by atoms with Gasteiger partial charge in [-0.1, -0.05) is 42.5 Å². The van der Waals surface area contributed by atoms with Gasteiger partial charge in [-0.15, -0.1) is 0 Å². The zero-order valence-corrected chi connectivity index (χ0v) is 12.2. The summed E-state index contributed by atoms with van der Waals surface area (Å²) in [4.78, 5) is 0. The summed E-state index contributed by atoms with van der Waals surface area (Å²) in [5.41, 5.74) is 6.37. The minimum Gasteiger partial charge on any atom is -0.507 e. The van der Waals surface area contributed by atoms with Crippen LogP contribution in [0.1, 0.15) is 5.56 Å². The van der Waals surface area contributed by atoms with Gasteiger partial charge in [-0.2, -0.15) is 0 Å². The van der Waals surface area contributed by atoms with Gasteiger partial charge in [0.1, 0.15) is 5.75 Å². The smallest absolute Gasteiger partial charge is 0.123 e. The van der Waals surface area contributed by atoms with E-state index >= 15 is 0 Å². The van der Waals surface area contributed by atoms with Crippen LogP contribution >= 0.6 is 0 Å². The highest BCUT2D eigenvalue weighted by molar-refractivity contribution is 6.18. The number of aryl methyl sites for hydroxylation is 1. The Labute approximate surface area is 128 Å². The Kier molecular flexibility index (Phi) is 2.09. The molecule has 0 saturated heterocycles. The molecule has 1 N–H and O–H groups in total. The Balaban J connectivity index is 2.01. The predicted molar refractivity (Wildman–Crippen MR) is 92.3 cm³/mol. The van der Waals surface area contributed by atoms with Crippen molar-refractivity contribution in [3.05, 3.63) is 66.2 Å². The van der Waals surface area contributed by atoms with Crippen molar-refractivity contribution < 1.29 is 5.11 Å². The summed E-state index contributed by atoms with van der Waals surface area (Å²) in [6, 6.07) is 21.0. The average Bonchev–Trinajstić information content (AvgIpc) is 2.85. The summed E-state index contributed by atoms with van der Waals surface area (Å²) in [5.74, 6) is 0.347. The van der Waals surface area contributed by atoms with Crippen LogP contribution in [0.25, 0.3) is 43.8 Å². The first-order valence-electron chi connectivity index (χ1n) is 7.53. The van der Waals surface area contributed by atoms with Crippen LogP contribution in [0.15, 0.2) is 60.7 Å². The summed E-state index contributed by atoms with van der Waals surface area (Å²) in [7, 11) is 0. The SMILES string of the molecule is Cc1ccc2c3c(cccc13)-c1cc3cccc(O)c3cc1-2. The van der Waals surface area contributed by atoms with Crippen molar-refractivity contribution in [1.82, 2.24) is 0 Å². The van der Waals surface area contributed by atoms with E-state index in [4.69, 9.17) is 0 Å². The Bertz CT molecular complexity index is 1090. The molecule has 1 nitrogen and oxygen atoms in total. The van der Waals surface area contributed by atoms with E-state index in [1.54, 1.807) is 6.07 Å². The number of benzene rings is 4. The van der Waals surface area contributed by atoms with E-state index in [1.807, 2.05) is 6.07 Å². The predicted octanol–water partition coefficient (Wildman–Crippen LogP) is 5.65. The van der Waals surface area contributed by atoms with Gasteiger partial charge in [-0.25, -0.2) is 0 Å². The summed E-state index contributed by atoms with van der Waals surface area (Å²) < 4.78 is 0. The van der Waals surface area contributed by atoms with Gasteiger partial charge in [0.25, 0.3) is 0 Å². The number of phenols is 1. The van der Waals surface area contributed by atoms with Crippen molar-refractivity contribution in [2.75, 3.05) is 0 Å². The number of aromatic hydroxyl groups is 1. The maximum absolute atomic E-state index is 10.2. The summed E-state index contributed by atoms with van der Waals surface area (Å²) in [6.45, 7) is 2.16. The lowest BCUT2D eigenvalue weighted by atomic mass is 9.98. The van der Waals surface area contributed by atoms with Crippen LogP contribution in [0.5, 0.6) is 5.75 Å². The molecule has 0 spiro atoms. The zero-order valence-electron chi connectivity index (χ0n) is 12.2. The Morgan fingerprint density at radius 1 is 0.682 bits per heavy atom. The van der Waals surface area contributed by atoms with E-state index in [0.717, 1.165) is 10.8 Å². The lowest BCUT2D eigenvalue weighted by Gasteiger charge is -2.06. The molecule has 0 saturated carbocycles. The van der Waals surface area contributed by atoms with E-state index in [1.165, 1.54) is 38.6 Å². The quantitative estimate of drug-likeness (QED) is 0.389. The number of hydrogen-bond donors (Lipinski definition) is 1. The van der Waals surface area contributed by atoms with Gasteiger partial charge in [-0.05, 0) is 69.1 Å². The molecule has 4 aromatic rings. The third-order valence-corrected chi connectivity index (χ3v) is 4.83. The highest BCUT2D eigenvalue weighted by atomic mass is 16.3. The molecule has 0 heterocycles. The van der Waals surface area contributed by atoms with Crippen LogP contribution in [0, 0.1) is 6.92 Å².